The minimum absolute atomic E-state index is 0.384. The number of aryl methyl sites for hydroxylation is 2. The van der Waals surface area contributed by atoms with Crippen molar-refractivity contribution in [2.24, 2.45) is 0 Å². The van der Waals surface area contributed by atoms with E-state index in [2.05, 4.69) is 144 Å². The van der Waals surface area contributed by atoms with Crippen molar-refractivity contribution in [1.82, 2.24) is 0 Å². The first kappa shape index (κ1) is 28.4. The van der Waals surface area contributed by atoms with Gasteiger partial charge in [-0.2, -0.15) is 0 Å². The van der Waals surface area contributed by atoms with Crippen molar-refractivity contribution in [3.05, 3.63) is 166 Å². The van der Waals surface area contributed by atoms with Gasteiger partial charge in [-0.05, 0) is 145 Å². The van der Waals surface area contributed by atoms with Gasteiger partial charge in [0.25, 0.3) is 0 Å². The molecule has 10 rings (SSSR count). The second kappa shape index (κ2) is 11.5. The quantitative estimate of drug-likeness (QED) is 0.139. The average molecular weight is 628 g/mol. The monoisotopic (exact) mass is 627 g/mol. The Labute approximate surface area is 287 Å². The fourth-order valence-electron chi connectivity index (χ4n) is 8.82. The Morgan fingerprint density at radius 3 is 2.10 bits per heavy atom. The van der Waals surface area contributed by atoms with E-state index in [1.54, 1.807) is 16.8 Å². The summed E-state index contributed by atoms with van der Waals surface area (Å²) in [6.07, 6.45) is 17.4. The van der Waals surface area contributed by atoms with Crippen LogP contribution in [0, 0.1) is 0 Å². The Hall–Kier alpha value is -5.58. The lowest BCUT2D eigenvalue weighted by atomic mass is 9.84. The number of allylic oxidation sites excluding steroid dienone is 5. The Morgan fingerprint density at radius 1 is 0.612 bits per heavy atom. The molecule has 49 heavy (non-hydrogen) atoms. The van der Waals surface area contributed by atoms with E-state index >= 15 is 0 Å². The largest absolute Gasteiger partial charge is 0.371 e. The lowest BCUT2D eigenvalue weighted by Gasteiger charge is -2.37. The second-order valence-electron chi connectivity index (χ2n) is 14.1. The summed E-state index contributed by atoms with van der Waals surface area (Å²) in [7, 11) is 0. The van der Waals surface area contributed by atoms with E-state index in [0.717, 1.165) is 11.6 Å². The molecule has 0 saturated heterocycles. The summed E-state index contributed by atoms with van der Waals surface area (Å²) in [4.78, 5) is 2.63. The zero-order chi connectivity index (χ0) is 32.3. The molecule has 1 heteroatoms. The van der Waals surface area contributed by atoms with E-state index in [1.165, 1.54) is 104 Å². The van der Waals surface area contributed by atoms with Gasteiger partial charge >= 0.3 is 0 Å². The van der Waals surface area contributed by atoms with Crippen molar-refractivity contribution in [2.45, 2.75) is 38.0 Å². The number of fused-ring (bicyclic) bond motifs is 6. The molecule has 2 aliphatic heterocycles. The van der Waals surface area contributed by atoms with Crippen LogP contribution in [0.4, 0.5) is 5.69 Å². The van der Waals surface area contributed by atoms with Gasteiger partial charge in [-0.15, -0.1) is 0 Å². The highest BCUT2D eigenvalue weighted by Gasteiger charge is 2.25. The molecule has 6 aromatic rings. The topological polar surface area (TPSA) is 3.24 Å². The van der Waals surface area contributed by atoms with Gasteiger partial charge in [-0.1, -0.05) is 109 Å². The molecule has 1 atom stereocenters. The SMILES string of the molecule is C1=C=c2c(c3ccccc3c3ccc(-c4cccc(-c5cccc(C6C=CC(c7cc8c9c(c7)CCCN9CCC8)=CC6)c5)c4)cc23)=CC=1. The van der Waals surface area contributed by atoms with Gasteiger partial charge in [0, 0.05) is 29.9 Å². The molecular formula is C48H37N. The van der Waals surface area contributed by atoms with Crippen LogP contribution in [0.15, 0.2) is 133 Å². The summed E-state index contributed by atoms with van der Waals surface area (Å²) in [6, 6.07) is 38.8. The Morgan fingerprint density at radius 2 is 1.33 bits per heavy atom. The number of benzene rings is 6. The first-order valence-corrected chi connectivity index (χ1v) is 17.9. The van der Waals surface area contributed by atoms with Gasteiger partial charge in [0.05, 0.1) is 0 Å². The molecule has 0 radical (unpaired) electrons. The molecular weight excluding hydrogens is 591 g/mol. The van der Waals surface area contributed by atoms with Crippen LogP contribution in [0.1, 0.15) is 47.4 Å². The van der Waals surface area contributed by atoms with Crippen LogP contribution in [0.25, 0.3) is 61.2 Å². The maximum atomic E-state index is 3.44. The lowest BCUT2D eigenvalue weighted by molar-refractivity contribution is 0.634. The van der Waals surface area contributed by atoms with Gasteiger partial charge in [-0.3, -0.25) is 0 Å². The first-order valence-electron chi connectivity index (χ1n) is 17.9. The molecule has 4 aliphatic rings. The van der Waals surface area contributed by atoms with E-state index < -0.39 is 0 Å². The van der Waals surface area contributed by atoms with Gasteiger partial charge in [0.2, 0.25) is 0 Å². The highest BCUT2D eigenvalue weighted by molar-refractivity contribution is 6.09. The van der Waals surface area contributed by atoms with Crippen LogP contribution in [0.3, 0.4) is 0 Å². The van der Waals surface area contributed by atoms with Crippen molar-refractivity contribution in [3.8, 4) is 22.3 Å². The lowest BCUT2D eigenvalue weighted by Crippen LogP contribution is -2.34. The smallest absolute Gasteiger partial charge is 0.0431 e. The third-order valence-electron chi connectivity index (χ3n) is 11.2. The minimum Gasteiger partial charge on any atom is -0.371 e. The van der Waals surface area contributed by atoms with E-state index in [-0.39, 0.29) is 0 Å². The summed E-state index contributed by atoms with van der Waals surface area (Å²) >= 11 is 0. The molecule has 234 valence electrons. The molecule has 2 heterocycles. The van der Waals surface area contributed by atoms with Gasteiger partial charge < -0.3 is 4.90 Å². The second-order valence-corrected chi connectivity index (χ2v) is 14.1. The van der Waals surface area contributed by atoms with Crippen molar-refractivity contribution in [1.29, 1.82) is 0 Å². The summed E-state index contributed by atoms with van der Waals surface area (Å²) in [5.74, 6) is 0.384. The number of hydrogen-bond acceptors (Lipinski definition) is 1. The van der Waals surface area contributed by atoms with Gasteiger partial charge in [0.15, 0.2) is 0 Å². The maximum Gasteiger partial charge on any atom is 0.0431 e. The van der Waals surface area contributed by atoms with Crippen LogP contribution in [-0.4, -0.2) is 13.1 Å². The molecule has 0 fully saturated rings. The van der Waals surface area contributed by atoms with E-state index in [0.29, 0.717) is 5.92 Å². The predicted octanol–water partition coefficient (Wildman–Crippen LogP) is 10.0. The van der Waals surface area contributed by atoms with E-state index in [4.69, 9.17) is 0 Å². The van der Waals surface area contributed by atoms with Crippen molar-refractivity contribution in [2.75, 3.05) is 18.0 Å². The summed E-state index contributed by atoms with van der Waals surface area (Å²) in [5.41, 5.74) is 20.4. The van der Waals surface area contributed by atoms with Gasteiger partial charge in [-0.25, -0.2) is 0 Å². The highest BCUT2D eigenvalue weighted by Crippen LogP contribution is 2.40. The van der Waals surface area contributed by atoms with Crippen LogP contribution in [-0.2, 0) is 12.8 Å². The van der Waals surface area contributed by atoms with Crippen LogP contribution in [0.5, 0.6) is 0 Å². The van der Waals surface area contributed by atoms with Crippen molar-refractivity contribution >= 4 is 44.6 Å². The molecule has 0 spiro atoms. The van der Waals surface area contributed by atoms with Crippen LogP contribution < -0.4 is 15.3 Å². The summed E-state index contributed by atoms with van der Waals surface area (Å²) in [6.45, 7) is 2.45. The normalized spacial score (nSPS) is 17.3. The van der Waals surface area contributed by atoms with Crippen molar-refractivity contribution < 1.29 is 0 Å². The summed E-state index contributed by atoms with van der Waals surface area (Å²) in [5, 5.41) is 7.40. The highest BCUT2D eigenvalue weighted by atomic mass is 15.1. The molecule has 0 saturated carbocycles. The van der Waals surface area contributed by atoms with Crippen molar-refractivity contribution in [3.63, 3.8) is 0 Å². The maximum absolute atomic E-state index is 3.44. The standard InChI is InChI=1S/C48H37N/c1-2-17-44-42(15-1)43-16-3-4-18-45(43)47-31-38(23-24-46(44)47)37-12-6-11-36(28-37)35-10-5-9-34(27-35)32-19-21-33(22-20-32)41-29-39-13-7-25-49-26-8-14-40(30-41)48(39)49/h1-3,5-6,9-12,15-17,19,21-24,27-32H,7-8,13-14,20,25-26H2. The Bertz CT molecular complexity index is 2590. The van der Waals surface area contributed by atoms with E-state index in [1.807, 2.05) is 6.08 Å². The number of anilines is 1. The molecule has 6 aromatic carbocycles. The number of hydrogen-bond donors (Lipinski definition) is 0. The van der Waals surface area contributed by atoms with Crippen LogP contribution >= 0.6 is 0 Å². The third kappa shape index (κ3) is 4.86. The molecule has 2 aliphatic carbocycles. The first-order chi connectivity index (χ1) is 24.3. The van der Waals surface area contributed by atoms with Gasteiger partial charge in [0.1, 0.15) is 0 Å². The number of rotatable bonds is 4. The van der Waals surface area contributed by atoms with Crippen LogP contribution in [0.2, 0.25) is 0 Å². The van der Waals surface area contributed by atoms with E-state index in [9.17, 15) is 0 Å². The zero-order valence-corrected chi connectivity index (χ0v) is 27.7. The fourth-order valence-corrected chi connectivity index (χ4v) is 8.82. The zero-order valence-electron chi connectivity index (χ0n) is 27.7. The molecule has 1 unspecified atom stereocenters. The number of nitrogens with zero attached hydrogens (tertiary/aromatic N) is 1. The molecule has 0 amide bonds. The molecule has 1 nitrogen and oxygen atoms in total. The predicted molar refractivity (Wildman–Crippen MR) is 207 cm³/mol. The molecule has 0 N–H and O–H groups in total. The Kier molecular flexibility index (Phi) is 6.70. The molecule has 0 aromatic heterocycles. The fraction of sp³-hybridized carbons (Fsp3) is 0.167. The molecule has 0 bridgehead atoms. The summed E-state index contributed by atoms with van der Waals surface area (Å²) < 4.78 is 0. The average Bonchev–Trinajstić information content (AvgIpc) is 3.18. The Balaban J connectivity index is 0.951. The third-order valence-corrected chi connectivity index (χ3v) is 11.2. The minimum atomic E-state index is 0.384.